The first-order valence-electron chi connectivity index (χ1n) is 12.1. The lowest BCUT2D eigenvalue weighted by Crippen LogP contribution is -2.26. The fourth-order valence-electron chi connectivity index (χ4n) is 3.01. The summed E-state index contributed by atoms with van der Waals surface area (Å²) in [7, 11) is 0. The molecule has 0 aromatic carbocycles. The minimum absolute atomic E-state index is 0.0570. The maximum atomic E-state index is 11.7. The van der Waals surface area contributed by atoms with Gasteiger partial charge in [0.25, 0.3) is 0 Å². The molecule has 0 aromatic rings. The SMILES string of the molecule is O=C(O)CCCCCCCNC(=O)CCOCCCOC(=O)NCCCCCCCC(=O)O. The number of carboxylic acid groups (broad SMARTS) is 2. The molecule has 0 saturated carbocycles. The highest BCUT2D eigenvalue weighted by Crippen LogP contribution is 2.05. The van der Waals surface area contributed by atoms with E-state index in [1.165, 1.54) is 0 Å². The predicted molar refractivity (Wildman–Crippen MR) is 123 cm³/mol. The lowest BCUT2D eigenvalue weighted by atomic mass is 10.1. The average Bonchev–Trinajstić information content (AvgIpc) is 2.76. The largest absolute Gasteiger partial charge is 0.481 e. The van der Waals surface area contributed by atoms with Gasteiger partial charge in [-0.2, -0.15) is 0 Å². The Hall–Kier alpha value is -2.36. The van der Waals surface area contributed by atoms with E-state index in [0.717, 1.165) is 51.4 Å². The summed E-state index contributed by atoms with van der Waals surface area (Å²) in [5.41, 5.74) is 0. The second-order valence-corrected chi connectivity index (χ2v) is 7.95. The summed E-state index contributed by atoms with van der Waals surface area (Å²) in [5, 5.41) is 22.6. The number of amides is 2. The highest BCUT2D eigenvalue weighted by Gasteiger charge is 2.03. The van der Waals surface area contributed by atoms with Crippen LogP contribution < -0.4 is 10.6 Å². The van der Waals surface area contributed by atoms with Gasteiger partial charge < -0.3 is 30.3 Å². The molecule has 0 aromatic heterocycles. The maximum Gasteiger partial charge on any atom is 0.407 e. The zero-order chi connectivity index (χ0) is 24.6. The van der Waals surface area contributed by atoms with E-state index in [9.17, 15) is 19.2 Å². The summed E-state index contributed by atoms with van der Waals surface area (Å²) in [6.07, 6.45) is 9.55. The van der Waals surface area contributed by atoms with Gasteiger partial charge >= 0.3 is 18.0 Å². The highest BCUT2D eigenvalue weighted by atomic mass is 16.5. The summed E-state index contributed by atoms with van der Waals surface area (Å²) in [6, 6.07) is 0. The van der Waals surface area contributed by atoms with E-state index in [1.54, 1.807) is 0 Å². The van der Waals surface area contributed by atoms with Gasteiger partial charge in [0.05, 0.1) is 13.2 Å². The van der Waals surface area contributed by atoms with Crippen LogP contribution in [0.25, 0.3) is 0 Å². The van der Waals surface area contributed by atoms with E-state index in [2.05, 4.69) is 10.6 Å². The van der Waals surface area contributed by atoms with Crippen molar-refractivity contribution in [2.75, 3.05) is 32.9 Å². The van der Waals surface area contributed by atoms with Gasteiger partial charge in [0.15, 0.2) is 0 Å². The second-order valence-electron chi connectivity index (χ2n) is 7.95. The van der Waals surface area contributed by atoms with Crippen LogP contribution in [0.3, 0.4) is 0 Å². The first kappa shape index (κ1) is 30.6. The maximum absolute atomic E-state index is 11.7. The van der Waals surface area contributed by atoms with E-state index in [4.69, 9.17) is 19.7 Å². The monoisotopic (exact) mass is 474 g/mol. The number of unbranched alkanes of at least 4 members (excludes halogenated alkanes) is 8. The van der Waals surface area contributed by atoms with Gasteiger partial charge in [0.2, 0.25) is 5.91 Å². The molecule has 0 bridgehead atoms. The summed E-state index contributed by atoms with van der Waals surface area (Å²) in [4.78, 5) is 44.0. The number of carbonyl (C=O) groups is 4. The Kier molecular flexibility index (Phi) is 21.2. The van der Waals surface area contributed by atoms with Crippen LogP contribution in [0, 0.1) is 0 Å². The van der Waals surface area contributed by atoms with Crippen molar-refractivity contribution in [3.63, 3.8) is 0 Å². The number of alkyl carbamates (subject to hydrolysis) is 1. The lowest BCUT2D eigenvalue weighted by molar-refractivity contribution is -0.138. The van der Waals surface area contributed by atoms with Gasteiger partial charge in [-0.25, -0.2) is 4.79 Å². The Balaban J connectivity index is 3.31. The van der Waals surface area contributed by atoms with Crippen molar-refractivity contribution in [3.05, 3.63) is 0 Å². The van der Waals surface area contributed by atoms with Crippen LogP contribution in [0.2, 0.25) is 0 Å². The quantitative estimate of drug-likeness (QED) is 0.164. The molecular weight excluding hydrogens is 432 g/mol. The smallest absolute Gasteiger partial charge is 0.407 e. The summed E-state index contributed by atoms with van der Waals surface area (Å²) < 4.78 is 10.4. The molecule has 2 amide bonds. The second kappa shape index (κ2) is 22.8. The Morgan fingerprint density at radius 1 is 0.545 bits per heavy atom. The number of rotatable bonds is 23. The van der Waals surface area contributed by atoms with Crippen molar-refractivity contribution in [3.8, 4) is 0 Å². The predicted octanol–water partition coefficient (Wildman–Crippen LogP) is 3.48. The zero-order valence-electron chi connectivity index (χ0n) is 19.8. The number of carboxylic acids is 2. The molecule has 0 rings (SSSR count). The molecule has 0 aliphatic carbocycles. The number of aliphatic carboxylic acids is 2. The molecule has 0 aliphatic heterocycles. The molecule has 0 saturated heterocycles. The Labute approximate surface area is 196 Å². The molecule has 33 heavy (non-hydrogen) atoms. The Morgan fingerprint density at radius 2 is 1.06 bits per heavy atom. The molecule has 0 heterocycles. The van der Waals surface area contributed by atoms with Crippen LogP contribution in [-0.4, -0.2) is 67.1 Å². The van der Waals surface area contributed by atoms with Crippen LogP contribution in [-0.2, 0) is 23.9 Å². The molecule has 0 unspecified atom stereocenters. The molecule has 192 valence electrons. The van der Waals surface area contributed by atoms with Gasteiger partial charge in [-0.15, -0.1) is 0 Å². The summed E-state index contributed by atoms with van der Waals surface area (Å²) in [5.74, 6) is -1.58. The minimum atomic E-state index is -0.763. The first-order valence-corrected chi connectivity index (χ1v) is 12.1. The lowest BCUT2D eigenvalue weighted by Gasteiger charge is -2.08. The fraction of sp³-hybridized carbons (Fsp3) is 0.826. The molecule has 0 spiro atoms. The third-order valence-electron chi connectivity index (χ3n) is 4.87. The van der Waals surface area contributed by atoms with Gasteiger partial charge in [-0.05, 0) is 25.7 Å². The van der Waals surface area contributed by atoms with E-state index in [1.807, 2.05) is 0 Å². The number of hydrogen-bond acceptors (Lipinski definition) is 6. The fourth-order valence-corrected chi connectivity index (χ4v) is 3.01. The van der Waals surface area contributed by atoms with Crippen LogP contribution in [0.4, 0.5) is 4.79 Å². The molecule has 0 radical (unpaired) electrons. The number of carbonyl (C=O) groups excluding carboxylic acids is 2. The van der Waals surface area contributed by atoms with Crippen LogP contribution in [0.5, 0.6) is 0 Å². The van der Waals surface area contributed by atoms with Crippen LogP contribution in [0.1, 0.15) is 89.9 Å². The van der Waals surface area contributed by atoms with Crippen molar-refractivity contribution >= 4 is 23.9 Å². The Bertz CT molecular complexity index is 497. The van der Waals surface area contributed by atoms with E-state index in [-0.39, 0.29) is 31.8 Å². The molecule has 0 fully saturated rings. The molecule has 0 atom stereocenters. The van der Waals surface area contributed by atoms with Gasteiger partial charge in [-0.3, -0.25) is 14.4 Å². The van der Waals surface area contributed by atoms with Crippen molar-refractivity contribution < 1.29 is 38.9 Å². The molecular formula is C23H42N2O8. The topological polar surface area (TPSA) is 151 Å². The summed E-state index contributed by atoms with van der Waals surface area (Å²) >= 11 is 0. The van der Waals surface area contributed by atoms with Gasteiger partial charge in [0, 0.05) is 45.4 Å². The summed E-state index contributed by atoms with van der Waals surface area (Å²) in [6.45, 7) is 2.13. The molecule has 0 aliphatic rings. The number of nitrogens with one attached hydrogen (secondary N) is 2. The third-order valence-corrected chi connectivity index (χ3v) is 4.87. The van der Waals surface area contributed by atoms with E-state index in [0.29, 0.717) is 45.6 Å². The van der Waals surface area contributed by atoms with E-state index >= 15 is 0 Å². The third kappa shape index (κ3) is 25.8. The first-order chi connectivity index (χ1) is 15.9. The van der Waals surface area contributed by atoms with Gasteiger partial charge in [-0.1, -0.05) is 38.5 Å². The van der Waals surface area contributed by atoms with Crippen molar-refractivity contribution in [1.82, 2.24) is 10.6 Å². The van der Waals surface area contributed by atoms with E-state index < -0.39 is 18.0 Å². The highest BCUT2D eigenvalue weighted by molar-refractivity contribution is 5.75. The molecule has 10 heteroatoms. The van der Waals surface area contributed by atoms with Gasteiger partial charge in [0.1, 0.15) is 0 Å². The Morgan fingerprint density at radius 3 is 1.64 bits per heavy atom. The molecule has 10 nitrogen and oxygen atoms in total. The van der Waals surface area contributed by atoms with Crippen molar-refractivity contribution in [2.45, 2.75) is 89.9 Å². The number of hydrogen-bond donors (Lipinski definition) is 4. The van der Waals surface area contributed by atoms with Crippen molar-refractivity contribution in [2.24, 2.45) is 0 Å². The standard InChI is InChI=1S/C23H42N2O8/c26-20(24-15-9-5-1-3-7-12-21(27)28)14-19-32-17-11-18-33-23(31)25-16-10-6-2-4-8-13-22(29)30/h1-19H2,(H,24,26)(H,25,31)(H,27,28)(H,29,30). The normalized spacial score (nSPS) is 10.5. The average molecular weight is 475 g/mol. The van der Waals surface area contributed by atoms with Crippen molar-refractivity contribution in [1.29, 1.82) is 0 Å². The van der Waals surface area contributed by atoms with Crippen LogP contribution in [0.15, 0.2) is 0 Å². The minimum Gasteiger partial charge on any atom is -0.481 e. The zero-order valence-corrected chi connectivity index (χ0v) is 19.8. The van der Waals surface area contributed by atoms with Crippen LogP contribution >= 0.6 is 0 Å². The molecule has 4 N–H and O–H groups in total. The number of ether oxygens (including phenoxy) is 2.